The van der Waals surface area contributed by atoms with E-state index in [9.17, 15) is 9.90 Å². The fraction of sp³-hybridized carbons (Fsp3) is 0.368. The van der Waals surface area contributed by atoms with Gasteiger partial charge in [0.05, 0.1) is 7.05 Å². The van der Waals surface area contributed by atoms with Gasteiger partial charge >= 0.3 is 5.97 Å². The van der Waals surface area contributed by atoms with E-state index in [1.54, 1.807) is 0 Å². The third-order valence-corrected chi connectivity index (χ3v) is 5.71. The average molecular weight is 439 g/mol. The quantitative estimate of drug-likeness (QED) is 0.478. The van der Waals surface area contributed by atoms with Gasteiger partial charge in [0, 0.05) is 13.3 Å². The molecule has 0 saturated carbocycles. The number of thioether (sulfide) groups is 1. The summed E-state index contributed by atoms with van der Waals surface area (Å²) in [5.74, 6) is -0.0144. The smallest absolute Gasteiger partial charge is 0.317 e. The van der Waals surface area contributed by atoms with Gasteiger partial charge in [0.15, 0.2) is 0 Å². The van der Waals surface area contributed by atoms with E-state index in [1.165, 1.54) is 11.8 Å². The molecule has 140 valence electrons. The van der Waals surface area contributed by atoms with E-state index in [-0.39, 0.29) is 29.6 Å². The Labute approximate surface area is 168 Å². The monoisotopic (exact) mass is 438 g/mol. The topological polar surface area (TPSA) is 55.3 Å². The second-order valence-electron chi connectivity index (χ2n) is 6.20. The molecule has 0 spiro atoms. The van der Waals surface area contributed by atoms with Crippen LogP contribution in [0.25, 0.3) is 0 Å². The molecule has 1 N–H and O–H groups in total. The lowest BCUT2D eigenvalue weighted by molar-refractivity contribution is -0.677. The van der Waals surface area contributed by atoms with Gasteiger partial charge in [0.25, 0.3) is 5.82 Å². The Balaban J connectivity index is 0.00000243. The number of halogens is 1. The predicted molar refractivity (Wildman–Crippen MR) is 96.8 cm³/mol. The fourth-order valence-electron chi connectivity index (χ4n) is 3.01. The molecule has 1 aliphatic heterocycles. The summed E-state index contributed by atoms with van der Waals surface area (Å²) in [5.41, 5.74) is 0.773. The highest BCUT2D eigenvalue weighted by Gasteiger charge is 2.44. The molecule has 0 saturated heterocycles. The Morgan fingerprint density at radius 1 is 1.42 bits per heavy atom. The van der Waals surface area contributed by atoms with E-state index >= 15 is 0 Å². The van der Waals surface area contributed by atoms with Gasteiger partial charge in [-0.05, 0) is 11.0 Å². The number of imidazole rings is 1. The van der Waals surface area contributed by atoms with Crippen LogP contribution in [0.4, 0.5) is 0 Å². The first-order valence-corrected chi connectivity index (χ1v) is 9.17. The molecule has 3 rings (SSSR count). The molecule has 26 heavy (non-hydrogen) atoms. The van der Waals surface area contributed by atoms with Gasteiger partial charge in [-0.3, -0.25) is 4.79 Å². The number of aryl methyl sites for hydroxylation is 1. The molecule has 2 unspecified atom stereocenters. The fourth-order valence-corrected chi connectivity index (χ4v) is 4.00. The number of rotatable bonds is 6. The van der Waals surface area contributed by atoms with Crippen molar-refractivity contribution in [3.8, 4) is 0 Å². The first kappa shape index (κ1) is 20.7. The molecule has 5 nitrogen and oxygen atoms in total. The number of carbonyl (C=O) groups excluding carboxylic acids is 1. The lowest BCUT2D eigenvalue weighted by Gasteiger charge is -2.30. The number of ether oxygens (including phenoxy) is 1. The molecular formula is C19H23BrN2O3S. The van der Waals surface area contributed by atoms with E-state index in [1.807, 2.05) is 77.3 Å². The van der Waals surface area contributed by atoms with Gasteiger partial charge in [0.1, 0.15) is 36.4 Å². The maximum atomic E-state index is 12.8. The summed E-state index contributed by atoms with van der Waals surface area (Å²) in [6, 6.07) is 9.35. The van der Waals surface area contributed by atoms with Crippen LogP contribution in [0.3, 0.4) is 0 Å². The van der Waals surface area contributed by atoms with Crippen molar-refractivity contribution in [2.75, 3.05) is 6.61 Å². The highest BCUT2D eigenvalue weighted by atomic mass is 79.9. The zero-order valence-electron chi connectivity index (χ0n) is 14.8. The SMILES string of the molecule is Cc1n(CCOC(=O)C(c2ccccc2)C2(O)CC=CS2)cc[n+]1C.[Br-]. The van der Waals surface area contributed by atoms with Crippen molar-refractivity contribution < 1.29 is 36.2 Å². The van der Waals surface area contributed by atoms with Crippen LogP contribution in [0.15, 0.2) is 54.2 Å². The van der Waals surface area contributed by atoms with Gasteiger partial charge in [-0.15, -0.1) is 0 Å². The summed E-state index contributed by atoms with van der Waals surface area (Å²) in [4.78, 5) is 11.6. The molecule has 2 atom stereocenters. The van der Waals surface area contributed by atoms with Crippen molar-refractivity contribution in [1.29, 1.82) is 0 Å². The van der Waals surface area contributed by atoms with Gasteiger partial charge in [-0.2, -0.15) is 0 Å². The number of hydrogen-bond acceptors (Lipinski definition) is 4. The van der Waals surface area contributed by atoms with Crippen LogP contribution in [0.1, 0.15) is 23.7 Å². The van der Waals surface area contributed by atoms with Crippen LogP contribution in [0.2, 0.25) is 0 Å². The molecule has 1 aliphatic rings. The summed E-state index contributed by atoms with van der Waals surface area (Å²) in [5, 5.41) is 12.8. The minimum Gasteiger partial charge on any atom is -1.00 e. The molecule has 2 aromatic rings. The van der Waals surface area contributed by atoms with Crippen molar-refractivity contribution in [3.05, 3.63) is 65.6 Å². The van der Waals surface area contributed by atoms with Crippen molar-refractivity contribution in [2.24, 2.45) is 7.05 Å². The summed E-state index contributed by atoms with van der Waals surface area (Å²) in [6.45, 7) is 2.87. The van der Waals surface area contributed by atoms with Crippen LogP contribution in [0, 0.1) is 6.92 Å². The number of aromatic nitrogens is 2. The van der Waals surface area contributed by atoms with Gasteiger partial charge in [-0.1, -0.05) is 48.2 Å². The van der Waals surface area contributed by atoms with E-state index < -0.39 is 10.9 Å². The van der Waals surface area contributed by atoms with E-state index in [0.29, 0.717) is 13.0 Å². The van der Waals surface area contributed by atoms with Crippen LogP contribution >= 0.6 is 11.8 Å². The van der Waals surface area contributed by atoms with Crippen molar-refractivity contribution in [1.82, 2.24) is 4.57 Å². The third-order valence-electron chi connectivity index (χ3n) is 4.57. The summed E-state index contributed by atoms with van der Waals surface area (Å²) < 4.78 is 9.58. The number of aliphatic hydroxyl groups is 1. The Morgan fingerprint density at radius 2 is 2.15 bits per heavy atom. The summed E-state index contributed by atoms with van der Waals surface area (Å²) >= 11 is 1.28. The maximum Gasteiger partial charge on any atom is 0.317 e. The molecule has 1 aromatic carbocycles. The highest BCUT2D eigenvalue weighted by molar-refractivity contribution is 8.03. The normalized spacial score (nSPS) is 19.8. The largest absolute Gasteiger partial charge is 1.00 e. The lowest BCUT2D eigenvalue weighted by Crippen LogP contribution is -3.00. The Bertz CT molecular complexity index is 768. The lowest BCUT2D eigenvalue weighted by atomic mass is 9.91. The minimum absolute atomic E-state index is 0. The number of carbonyl (C=O) groups is 1. The molecule has 0 aliphatic carbocycles. The van der Waals surface area contributed by atoms with Crippen molar-refractivity contribution in [2.45, 2.75) is 30.7 Å². The number of esters is 1. The molecule has 0 amide bonds. The Morgan fingerprint density at radius 3 is 2.73 bits per heavy atom. The molecule has 7 heteroatoms. The summed E-state index contributed by atoms with van der Waals surface area (Å²) in [7, 11) is 1.98. The zero-order chi connectivity index (χ0) is 17.9. The second-order valence-corrected chi connectivity index (χ2v) is 7.41. The third kappa shape index (κ3) is 4.39. The Hall–Kier alpha value is -1.57. The van der Waals surface area contributed by atoms with Crippen LogP contribution in [-0.4, -0.2) is 27.2 Å². The minimum atomic E-state index is -1.19. The summed E-state index contributed by atoms with van der Waals surface area (Å²) in [6.07, 6.45) is 6.24. The molecule has 1 aromatic heterocycles. The van der Waals surface area contributed by atoms with Gasteiger partial charge < -0.3 is 26.8 Å². The number of nitrogens with zero attached hydrogens (tertiary/aromatic N) is 2. The Kier molecular flexibility index (Phi) is 7.08. The predicted octanol–water partition coefficient (Wildman–Crippen LogP) is -0.709. The molecular weight excluding hydrogens is 416 g/mol. The standard InChI is InChI=1S/C19H23N2O3S.BrH/c1-15-20(2)10-11-21(15)12-13-24-18(22)17(16-7-4-3-5-8-16)19(23)9-6-14-25-19;/h3-8,10-11,14,17,23H,9,12-13H2,1-2H3;1H/q+1;/p-1. The molecule has 2 heterocycles. The number of benzene rings is 1. The van der Waals surface area contributed by atoms with Gasteiger partial charge in [-0.25, -0.2) is 9.13 Å². The van der Waals surface area contributed by atoms with Crippen molar-refractivity contribution >= 4 is 17.7 Å². The maximum absolute atomic E-state index is 12.8. The number of hydrogen-bond donors (Lipinski definition) is 1. The van der Waals surface area contributed by atoms with Crippen LogP contribution in [-0.2, 0) is 23.1 Å². The van der Waals surface area contributed by atoms with Crippen molar-refractivity contribution in [3.63, 3.8) is 0 Å². The van der Waals surface area contributed by atoms with Crippen LogP contribution in [0.5, 0.6) is 0 Å². The molecule has 0 fully saturated rings. The van der Waals surface area contributed by atoms with E-state index in [2.05, 4.69) is 0 Å². The highest BCUT2D eigenvalue weighted by Crippen LogP contribution is 2.45. The second kappa shape index (κ2) is 8.88. The zero-order valence-corrected chi connectivity index (χ0v) is 17.2. The molecule has 0 bridgehead atoms. The van der Waals surface area contributed by atoms with Gasteiger partial charge in [0.2, 0.25) is 0 Å². The van der Waals surface area contributed by atoms with E-state index in [4.69, 9.17) is 4.74 Å². The van der Waals surface area contributed by atoms with E-state index in [0.717, 1.165) is 11.4 Å². The first-order valence-electron chi connectivity index (χ1n) is 8.29. The average Bonchev–Trinajstić information content (AvgIpc) is 3.17. The first-order chi connectivity index (χ1) is 12.0. The molecule has 0 radical (unpaired) electrons. The van der Waals surface area contributed by atoms with Crippen LogP contribution < -0.4 is 21.5 Å².